The lowest BCUT2D eigenvalue weighted by Crippen LogP contribution is -2.34. The Balaban J connectivity index is 0.00000147. The third-order valence-corrected chi connectivity index (χ3v) is 6.16. The molecule has 1 unspecified atom stereocenters. The van der Waals surface area contributed by atoms with Crippen LogP contribution in [0.3, 0.4) is 0 Å². The Morgan fingerprint density at radius 1 is 1.55 bits per heavy atom. The van der Waals surface area contributed by atoms with Crippen LogP contribution in [0.15, 0.2) is 15.9 Å². The van der Waals surface area contributed by atoms with Gasteiger partial charge in [-0.2, -0.15) is 0 Å². The summed E-state index contributed by atoms with van der Waals surface area (Å²) in [6.45, 7) is 2.89. The molecule has 0 bridgehead atoms. The molecule has 1 N–H and O–H groups in total. The number of carbonyl (C=O) groups is 1. The molecule has 3 rings (SSSR count). The van der Waals surface area contributed by atoms with Gasteiger partial charge in [-0.15, -0.1) is 23.7 Å². The van der Waals surface area contributed by atoms with E-state index in [1.807, 2.05) is 11.9 Å². The monoisotopic (exact) mass is 378 g/mol. The third-order valence-electron chi connectivity index (χ3n) is 4.48. The highest BCUT2D eigenvalue weighted by molar-refractivity contribution is 9.10. The van der Waals surface area contributed by atoms with Crippen molar-refractivity contribution in [2.24, 2.45) is 11.3 Å². The number of piperidine rings is 1. The number of thiophene rings is 1. The molecular weight excluding hydrogens is 360 g/mol. The molecule has 2 fully saturated rings. The highest BCUT2D eigenvalue weighted by Gasteiger charge is 2.58. The van der Waals surface area contributed by atoms with E-state index in [0.29, 0.717) is 11.3 Å². The van der Waals surface area contributed by atoms with Gasteiger partial charge in [-0.3, -0.25) is 4.79 Å². The molecule has 1 atom stereocenters. The lowest BCUT2D eigenvalue weighted by Gasteiger charge is -2.25. The number of nitrogens with one attached hydrogen (secondary N) is 1. The normalized spacial score (nSPS) is 23.2. The van der Waals surface area contributed by atoms with E-state index in [1.165, 1.54) is 17.7 Å². The Morgan fingerprint density at radius 2 is 2.25 bits per heavy atom. The third kappa shape index (κ3) is 3.21. The van der Waals surface area contributed by atoms with Gasteiger partial charge in [0.2, 0.25) is 5.91 Å². The molecule has 0 aromatic carbocycles. The van der Waals surface area contributed by atoms with Gasteiger partial charge in [0.25, 0.3) is 0 Å². The average Bonchev–Trinajstić information content (AvgIpc) is 2.92. The zero-order valence-corrected chi connectivity index (χ0v) is 14.7. The number of amides is 1. The molecule has 1 saturated heterocycles. The van der Waals surface area contributed by atoms with E-state index in [2.05, 4.69) is 32.7 Å². The van der Waals surface area contributed by atoms with Crippen LogP contribution < -0.4 is 5.32 Å². The van der Waals surface area contributed by atoms with Gasteiger partial charge in [0.15, 0.2) is 0 Å². The summed E-state index contributed by atoms with van der Waals surface area (Å²) >= 11 is 5.16. The summed E-state index contributed by atoms with van der Waals surface area (Å²) in [5.41, 5.74) is 0.340. The number of nitrogens with zero attached hydrogens (tertiary/aromatic N) is 1. The first-order chi connectivity index (χ1) is 9.11. The first kappa shape index (κ1) is 16.3. The zero-order chi connectivity index (χ0) is 13.5. The summed E-state index contributed by atoms with van der Waals surface area (Å²) in [6.07, 6.45) is 3.44. The summed E-state index contributed by atoms with van der Waals surface area (Å²) in [6, 6.07) is 2.10. The van der Waals surface area contributed by atoms with E-state index < -0.39 is 0 Å². The Hall–Kier alpha value is -0.100. The molecule has 20 heavy (non-hydrogen) atoms. The van der Waals surface area contributed by atoms with Crippen LogP contribution >= 0.6 is 39.7 Å². The van der Waals surface area contributed by atoms with Crippen molar-refractivity contribution in [1.29, 1.82) is 0 Å². The SMILES string of the molecule is CN(Cc1cc(Br)cs1)C(=O)C1CC12CCNCC2.Cl. The van der Waals surface area contributed by atoms with Gasteiger partial charge in [-0.05, 0) is 59.8 Å². The molecule has 0 radical (unpaired) electrons. The first-order valence-corrected chi connectivity index (χ1v) is 8.47. The minimum Gasteiger partial charge on any atom is -0.340 e. The predicted octanol–water partition coefficient (Wildman–Crippen LogP) is 3.28. The fraction of sp³-hybridized carbons (Fsp3) is 0.643. The van der Waals surface area contributed by atoms with Crippen molar-refractivity contribution >= 4 is 45.6 Å². The van der Waals surface area contributed by atoms with E-state index in [0.717, 1.165) is 30.5 Å². The van der Waals surface area contributed by atoms with Crippen molar-refractivity contribution in [1.82, 2.24) is 10.2 Å². The summed E-state index contributed by atoms with van der Waals surface area (Å²) in [5, 5.41) is 5.45. The van der Waals surface area contributed by atoms with Crippen molar-refractivity contribution in [3.05, 3.63) is 20.8 Å². The minimum atomic E-state index is 0. The molecule has 1 aliphatic carbocycles. The molecule has 2 aliphatic rings. The minimum absolute atomic E-state index is 0. The van der Waals surface area contributed by atoms with Crippen LogP contribution in [0.1, 0.15) is 24.1 Å². The fourth-order valence-corrected chi connectivity index (χ4v) is 4.69. The van der Waals surface area contributed by atoms with Crippen LogP contribution in [-0.2, 0) is 11.3 Å². The second-order valence-corrected chi connectivity index (χ2v) is 7.71. The highest BCUT2D eigenvalue weighted by atomic mass is 79.9. The van der Waals surface area contributed by atoms with Crippen LogP contribution in [0.4, 0.5) is 0 Å². The average molecular weight is 380 g/mol. The number of halogens is 2. The second kappa shape index (κ2) is 6.34. The van der Waals surface area contributed by atoms with Gasteiger partial charge in [0, 0.05) is 27.7 Å². The maximum absolute atomic E-state index is 12.5. The molecule has 1 saturated carbocycles. The van der Waals surface area contributed by atoms with Crippen LogP contribution in [0.5, 0.6) is 0 Å². The van der Waals surface area contributed by atoms with E-state index in [-0.39, 0.29) is 18.3 Å². The fourth-order valence-electron chi connectivity index (χ4n) is 3.19. The first-order valence-electron chi connectivity index (χ1n) is 6.79. The smallest absolute Gasteiger partial charge is 0.226 e. The summed E-state index contributed by atoms with van der Waals surface area (Å²) < 4.78 is 1.11. The van der Waals surface area contributed by atoms with Gasteiger partial charge in [-0.1, -0.05) is 0 Å². The van der Waals surface area contributed by atoms with Crippen LogP contribution in [0.25, 0.3) is 0 Å². The van der Waals surface area contributed by atoms with Crippen LogP contribution in [-0.4, -0.2) is 30.9 Å². The maximum Gasteiger partial charge on any atom is 0.226 e. The predicted molar refractivity (Wildman–Crippen MR) is 88.4 cm³/mol. The molecule has 1 amide bonds. The van der Waals surface area contributed by atoms with Crippen molar-refractivity contribution in [2.45, 2.75) is 25.8 Å². The standard InChI is InChI=1S/C14H19BrN2OS.ClH/c1-17(8-11-6-10(15)9-19-11)13(18)12-7-14(12)2-4-16-5-3-14;/h6,9,12,16H,2-5,7-8H2,1H3;1H. The summed E-state index contributed by atoms with van der Waals surface area (Å²) in [4.78, 5) is 15.6. The molecule has 2 heterocycles. The van der Waals surface area contributed by atoms with Crippen molar-refractivity contribution in [3.63, 3.8) is 0 Å². The largest absolute Gasteiger partial charge is 0.340 e. The molecule has 1 aliphatic heterocycles. The van der Waals surface area contributed by atoms with E-state index in [9.17, 15) is 4.79 Å². The highest BCUT2D eigenvalue weighted by Crippen LogP contribution is 2.59. The molecule has 1 aromatic rings. The Kier molecular flexibility index (Phi) is 5.16. The van der Waals surface area contributed by atoms with Crippen molar-refractivity contribution < 1.29 is 4.79 Å². The van der Waals surface area contributed by atoms with E-state index in [1.54, 1.807) is 11.3 Å². The molecule has 1 spiro atoms. The van der Waals surface area contributed by atoms with E-state index >= 15 is 0 Å². The quantitative estimate of drug-likeness (QED) is 0.874. The van der Waals surface area contributed by atoms with Gasteiger partial charge >= 0.3 is 0 Å². The van der Waals surface area contributed by atoms with Crippen molar-refractivity contribution in [2.75, 3.05) is 20.1 Å². The van der Waals surface area contributed by atoms with Crippen molar-refractivity contribution in [3.8, 4) is 0 Å². The van der Waals surface area contributed by atoms with Gasteiger partial charge in [0.1, 0.15) is 0 Å². The van der Waals surface area contributed by atoms with Gasteiger partial charge in [0.05, 0.1) is 6.54 Å². The number of carbonyl (C=O) groups excluding carboxylic acids is 1. The molecule has 1 aromatic heterocycles. The lowest BCUT2D eigenvalue weighted by atomic mass is 9.91. The summed E-state index contributed by atoms with van der Waals surface area (Å²) in [5.74, 6) is 0.620. The lowest BCUT2D eigenvalue weighted by molar-refractivity contribution is -0.132. The number of hydrogen-bond donors (Lipinski definition) is 1. The van der Waals surface area contributed by atoms with Crippen LogP contribution in [0, 0.1) is 11.3 Å². The van der Waals surface area contributed by atoms with Crippen LogP contribution in [0.2, 0.25) is 0 Å². The molecular formula is C14H20BrClN2OS. The second-order valence-electron chi connectivity index (χ2n) is 5.79. The Morgan fingerprint density at radius 3 is 2.85 bits per heavy atom. The van der Waals surface area contributed by atoms with E-state index in [4.69, 9.17) is 0 Å². The Labute approximate surface area is 138 Å². The molecule has 3 nitrogen and oxygen atoms in total. The molecule has 112 valence electrons. The Bertz CT molecular complexity index is 487. The topological polar surface area (TPSA) is 32.3 Å². The zero-order valence-electron chi connectivity index (χ0n) is 11.5. The number of hydrogen-bond acceptors (Lipinski definition) is 3. The maximum atomic E-state index is 12.5. The molecule has 6 heteroatoms. The number of rotatable bonds is 3. The summed E-state index contributed by atoms with van der Waals surface area (Å²) in [7, 11) is 1.93. The van der Waals surface area contributed by atoms with Gasteiger partial charge in [-0.25, -0.2) is 0 Å². The van der Waals surface area contributed by atoms with Gasteiger partial charge < -0.3 is 10.2 Å².